The highest BCUT2D eigenvalue weighted by atomic mass is 16.5. The zero-order chi connectivity index (χ0) is 12.5. The van der Waals surface area contributed by atoms with E-state index < -0.39 is 5.72 Å². The Morgan fingerprint density at radius 1 is 1.47 bits per heavy atom. The van der Waals surface area contributed by atoms with Gasteiger partial charge in [0.05, 0.1) is 0 Å². The summed E-state index contributed by atoms with van der Waals surface area (Å²) in [5, 5.41) is 9.85. The van der Waals surface area contributed by atoms with E-state index in [1.54, 1.807) is 12.1 Å². The van der Waals surface area contributed by atoms with Crippen LogP contribution in [-0.4, -0.2) is 10.8 Å². The molecule has 1 aliphatic rings. The van der Waals surface area contributed by atoms with Crippen molar-refractivity contribution in [3.8, 4) is 11.5 Å². The number of rotatable bonds is 3. The van der Waals surface area contributed by atoms with Gasteiger partial charge in [-0.2, -0.15) is 0 Å². The minimum atomic E-state index is -0.579. The Bertz CT molecular complexity index is 405. The molecule has 0 saturated heterocycles. The van der Waals surface area contributed by atoms with E-state index in [9.17, 15) is 5.11 Å². The minimum Gasteiger partial charge on any atom is -0.508 e. The third kappa shape index (κ3) is 2.12. The van der Waals surface area contributed by atoms with Gasteiger partial charge in [0.15, 0.2) is 5.72 Å². The second-order valence-electron chi connectivity index (χ2n) is 4.87. The van der Waals surface area contributed by atoms with Gasteiger partial charge in [-0.1, -0.05) is 26.3 Å². The summed E-state index contributed by atoms with van der Waals surface area (Å²) in [6.45, 7) is 4.24. The van der Waals surface area contributed by atoms with Crippen molar-refractivity contribution in [2.24, 2.45) is 11.7 Å². The molecule has 3 heteroatoms. The maximum absolute atomic E-state index is 9.85. The van der Waals surface area contributed by atoms with E-state index in [0.29, 0.717) is 5.75 Å². The van der Waals surface area contributed by atoms with Gasteiger partial charge >= 0.3 is 0 Å². The van der Waals surface area contributed by atoms with Crippen LogP contribution in [0.15, 0.2) is 18.2 Å². The third-order valence-corrected chi connectivity index (χ3v) is 3.68. The van der Waals surface area contributed by atoms with Crippen molar-refractivity contribution in [3.63, 3.8) is 0 Å². The second-order valence-corrected chi connectivity index (χ2v) is 4.87. The Labute approximate surface area is 103 Å². The fraction of sp³-hybridized carbons (Fsp3) is 0.571. The molecule has 2 atom stereocenters. The average molecular weight is 235 g/mol. The van der Waals surface area contributed by atoms with Crippen molar-refractivity contribution in [2.45, 2.75) is 45.3 Å². The zero-order valence-corrected chi connectivity index (χ0v) is 10.6. The fourth-order valence-corrected chi connectivity index (χ4v) is 2.70. The van der Waals surface area contributed by atoms with Gasteiger partial charge in [-0.15, -0.1) is 0 Å². The first kappa shape index (κ1) is 12.2. The van der Waals surface area contributed by atoms with Gasteiger partial charge in [-0.25, -0.2) is 0 Å². The van der Waals surface area contributed by atoms with Gasteiger partial charge in [-0.3, -0.25) is 5.73 Å². The van der Waals surface area contributed by atoms with E-state index in [1.807, 2.05) is 6.07 Å². The summed E-state index contributed by atoms with van der Waals surface area (Å²) in [5.74, 6) is 1.33. The molecule has 2 rings (SSSR count). The van der Waals surface area contributed by atoms with Crippen LogP contribution >= 0.6 is 0 Å². The van der Waals surface area contributed by atoms with Crippen molar-refractivity contribution in [1.82, 2.24) is 0 Å². The molecule has 17 heavy (non-hydrogen) atoms. The smallest absolute Gasteiger partial charge is 0.161 e. The lowest BCUT2D eigenvalue weighted by Gasteiger charge is -2.42. The summed E-state index contributed by atoms with van der Waals surface area (Å²) in [4.78, 5) is 0. The molecule has 94 valence electrons. The SMILES string of the molecule is CCCC1(N)Oc2cccc(O)c2CC1CC. The van der Waals surface area contributed by atoms with Crippen LogP contribution in [0.3, 0.4) is 0 Å². The van der Waals surface area contributed by atoms with E-state index >= 15 is 0 Å². The van der Waals surface area contributed by atoms with Gasteiger partial charge < -0.3 is 9.84 Å². The van der Waals surface area contributed by atoms with Crippen LogP contribution in [0.5, 0.6) is 11.5 Å². The van der Waals surface area contributed by atoms with Crippen LogP contribution in [0, 0.1) is 5.92 Å². The van der Waals surface area contributed by atoms with Crippen LogP contribution in [0.4, 0.5) is 0 Å². The Balaban J connectivity index is 2.37. The standard InChI is InChI=1S/C14H21NO2/c1-3-8-14(15)10(4-2)9-11-12(16)6-5-7-13(11)17-14/h5-7,10,16H,3-4,8-9,15H2,1-2H3. The average Bonchev–Trinajstić information content (AvgIpc) is 2.28. The Morgan fingerprint density at radius 2 is 2.24 bits per heavy atom. The van der Waals surface area contributed by atoms with E-state index in [1.165, 1.54) is 0 Å². The van der Waals surface area contributed by atoms with E-state index in [-0.39, 0.29) is 5.92 Å². The highest BCUT2D eigenvalue weighted by molar-refractivity contribution is 5.46. The number of phenols is 1. The molecule has 3 nitrogen and oxygen atoms in total. The number of fused-ring (bicyclic) bond motifs is 1. The highest BCUT2D eigenvalue weighted by Gasteiger charge is 2.40. The molecule has 0 radical (unpaired) electrons. The number of ether oxygens (including phenoxy) is 1. The fourth-order valence-electron chi connectivity index (χ4n) is 2.70. The number of aromatic hydroxyl groups is 1. The monoisotopic (exact) mass is 235 g/mol. The zero-order valence-electron chi connectivity index (χ0n) is 10.6. The third-order valence-electron chi connectivity index (χ3n) is 3.68. The van der Waals surface area contributed by atoms with Crippen LogP contribution in [0.25, 0.3) is 0 Å². The molecule has 0 fully saturated rings. The predicted octanol–water partition coefficient (Wildman–Crippen LogP) is 2.81. The summed E-state index contributed by atoms with van der Waals surface area (Å²) < 4.78 is 5.96. The van der Waals surface area contributed by atoms with Crippen LogP contribution in [-0.2, 0) is 6.42 Å². The lowest BCUT2D eigenvalue weighted by molar-refractivity contribution is -0.0127. The Morgan fingerprint density at radius 3 is 2.88 bits per heavy atom. The van der Waals surface area contributed by atoms with Crippen molar-refractivity contribution in [1.29, 1.82) is 0 Å². The number of benzene rings is 1. The molecule has 0 aliphatic carbocycles. The largest absolute Gasteiger partial charge is 0.508 e. The molecule has 2 unspecified atom stereocenters. The van der Waals surface area contributed by atoms with E-state index in [2.05, 4.69) is 13.8 Å². The van der Waals surface area contributed by atoms with Crippen LogP contribution in [0.1, 0.15) is 38.7 Å². The topological polar surface area (TPSA) is 55.5 Å². The molecule has 3 N–H and O–H groups in total. The highest BCUT2D eigenvalue weighted by Crippen LogP contribution is 2.41. The molecule has 0 saturated carbocycles. The number of hydrogen-bond acceptors (Lipinski definition) is 3. The Kier molecular flexibility index (Phi) is 3.29. The molecule has 1 aromatic carbocycles. The first-order chi connectivity index (χ1) is 8.10. The van der Waals surface area contributed by atoms with Crippen LogP contribution in [0.2, 0.25) is 0 Å². The first-order valence-electron chi connectivity index (χ1n) is 6.39. The maximum atomic E-state index is 9.85. The number of phenolic OH excluding ortho intramolecular Hbond substituents is 1. The summed E-state index contributed by atoms with van der Waals surface area (Å²) in [7, 11) is 0. The second kappa shape index (κ2) is 4.57. The molecule has 1 aromatic rings. The van der Waals surface area contributed by atoms with Gasteiger partial charge in [-0.05, 0) is 25.0 Å². The number of hydrogen-bond donors (Lipinski definition) is 2. The molecular weight excluding hydrogens is 214 g/mol. The van der Waals surface area contributed by atoms with Crippen molar-refractivity contribution in [2.75, 3.05) is 0 Å². The molecule has 1 aliphatic heterocycles. The lowest BCUT2D eigenvalue weighted by Crippen LogP contribution is -2.55. The summed E-state index contributed by atoms with van der Waals surface area (Å²) >= 11 is 0. The molecule has 1 heterocycles. The van der Waals surface area contributed by atoms with Gasteiger partial charge in [0.25, 0.3) is 0 Å². The first-order valence-corrected chi connectivity index (χ1v) is 6.39. The summed E-state index contributed by atoms with van der Waals surface area (Å²) in [6.07, 6.45) is 3.61. The summed E-state index contributed by atoms with van der Waals surface area (Å²) in [5.41, 5.74) is 6.71. The van der Waals surface area contributed by atoms with Crippen molar-refractivity contribution < 1.29 is 9.84 Å². The molecule has 0 amide bonds. The van der Waals surface area contributed by atoms with Gasteiger partial charge in [0.1, 0.15) is 11.5 Å². The van der Waals surface area contributed by atoms with Crippen molar-refractivity contribution >= 4 is 0 Å². The number of nitrogens with two attached hydrogens (primary N) is 1. The quantitative estimate of drug-likeness (QED) is 0.847. The molecule has 0 bridgehead atoms. The van der Waals surface area contributed by atoms with E-state index in [4.69, 9.17) is 10.5 Å². The Hall–Kier alpha value is -1.22. The normalized spacial score (nSPS) is 27.4. The van der Waals surface area contributed by atoms with Crippen LogP contribution < -0.4 is 10.5 Å². The maximum Gasteiger partial charge on any atom is 0.161 e. The molecular formula is C14H21NO2. The summed E-state index contributed by atoms with van der Waals surface area (Å²) in [6, 6.07) is 5.39. The van der Waals surface area contributed by atoms with Gasteiger partial charge in [0.2, 0.25) is 0 Å². The lowest BCUT2D eigenvalue weighted by atomic mass is 9.82. The minimum absolute atomic E-state index is 0.267. The van der Waals surface area contributed by atoms with Crippen molar-refractivity contribution in [3.05, 3.63) is 23.8 Å². The van der Waals surface area contributed by atoms with E-state index in [0.717, 1.165) is 37.0 Å². The molecule has 0 aromatic heterocycles. The predicted molar refractivity (Wildman–Crippen MR) is 68.0 cm³/mol. The van der Waals surface area contributed by atoms with Gasteiger partial charge in [0, 0.05) is 17.9 Å². The molecule has 0 spiro atoms.